The zero-order chi connectivity index (χ0) is 27.4. The monoisotopic (exact) mass is 557 g/mol. The number of piperidine rings is 1. The third kappa shape index (κ3) is 6.90. The minimum absolute atomic E-state index is 0.280. The number of rotatable bonds is 7. The summed E-state index contributed by atoms with van der Waals surface area (Å²) < 4.78 is 40.3. The van der Waals surface area contributed by atoms with E-state index in [2.05, 4.69) is 25.0 Å². The number of amides is 1. The van der Waals surface area contributed by atoms with Crippen LogP contribution < -0.4 is 10.2 Å². The summed E-state index contributed by atoms with van der Waals surface area (Å²) >= 11 is 6.54. The Morgan fingerprint density at radius 1 is 0.923 bits per heavy atom. The number of anilines is 1. The highest BCUT2D eigenvalue weighted by atomic mass is 35.5. The third-order valence-electron chi connectivity index (χ3n) is 7.55. The van der Waals surface area contributed by atoms with E-state index in [4.69, 9.17) is 11.6 Å². The van der Waals surface area contributed by atoms with Gasteiger partial charge in [-0.2, -0.15) is 0 Å². The molecule has 5 rings (SSSR count). The van der Waals surface area contributed by atoms with Gasteiger partial charge in [0.15, 0.2) is 0 Å². The lowest BCUT2D eigenvalue weighted by Gasteiger charge is -2.43. The van der Waals surface area contributed by atoms with Gasteiger partial charge < -0.3 is 10.2 Å². The van der Waals surface area contributed by atoms with Gasteiger partial charge in [0.25, 0.3) is 5.91 Å². The first-order valence-electron chi connectivity index (χ1n) is 13.2. The van der Waals surface area contributed by atoms with E-state index in [1.54, 1.807) is 18.2 Å². The number of hydrogen-bond acceptors (Lipinski definition) is 5. The van der Waals surface area contributed by atoms with E-state index < -0.39 is 11.6 Å². The van der Waals surface area contributed by atoms with Crippen LogP contribution in [-0.2, 0) is 13.1 Å². The quantitative estimate of drug-likeness (QED) is 0.449. The summed E-state index contributed by atoms with van der Waals surface area (Å²) in [5.74, 6) is -0.981. The molecule has 0 saturated carbocycles. The zero-order valence-corrected chi connectivity index (χ0v) is 22.3. The molecule has 1 amide bonds. The maximum absolute atomic E-state index is 14.0. The van der Waals surface area contributed by atoms with Gasteiger partial charge in [-0.05, 0) is 55.8 Å². The average Bonchev–Trinajstić information content (AvgIpc) is 2.94. The molecule has 2 aromatic carbocycles. The van der Waals surface area contributed by atoms with Crippen molar-refractivity contribution < 1.29 is 18.0 Å². The number of nitrogens with zero attached hydrogens (tertiary/aromatic N) is 4. The van der Waals surface area contributed by atoms with Gasteiger partial charge in [-0.15, -0.1) is 0 Å². The van der Waals surface area contributed by atoms with Crippen molar-refractivity contribution in [2.45, 2.75) is 32.0 Å². The number of aromatic nitrogens is 1. The molecule has 6 nitrogen and oxygen atoms in total. The fourth-order valence-corrected chi connectivity index (χ4v) is 5.59. The Hall–Kier alpha value is -3.14. The Morgan fingerprint density at radius 2 is 1.62 bits per heavy atom. The number of halogens is 4. The maximum Gasteiger partial charge on any atom is 0.253 e. The van der Waals surface area contributed by atoms with Gasteiger partial charge in [-0.1, -0.05) is 29.8 Å². The van der Waals surface area contributed by atoms with Gasteiger partial charge in [0, 0.05) is 63.1 Å². The second kappa shape index (κ2) is 12.4. The largest absolute Gasteiger partial charge is 0.353 e. The predicted molar refractivity (Wildman–Crippen MR) is 145 cm³/mol. The number of nitrogens with one attached hydrogen (secondary N) is 1. The highest BCUT2D eigenvalue weighted by Crippen LogP contribution is 2.27. The summed E-state index contributed by atoms with van der Waals surface area (Å²) in [7, 11) is 0. The van der Waals surface area contributed by atoms with Crippen molar-refractivity contribution >= 4 is 23.3 Å². The van der Waals surface area contributed by atoms with Crippen molar-refractivity contribution in [1.29, 1.82) is 0 Å². The normalized spacial score (nSPS) is 17.4. The van der Waals surface area contributed by atoms with Gasteiger partial charge in [-0.25, -0.2) is 18.2 Å². The molecule has 2 aliphatic rings. The number of carbonyl (C=O) groups excluding carboxylic acids is 1. The predicted octanol–water partition coefficient (Wildman–Crippen LogP) is 4.87. The van der Waals surface area contributed by atoms with Gasteiger partial charge in [0.05, 0.1) is 10.6 Å². The Morgan fingerprint density at radius 3 is 2.28 bits per heavy atom. The van der Waals surface area contributed by atoms with Crippen LogP contribution in [0.1, 0.15) is 34.3 Å². The second-order valence-corrected chi connectivity index (χ2v) is 10.5. The summed E-state index contributed by atoms with van der Waals surface area (Å²) in [5, 5.41) is 3.24. The van der Waals surface area contributed by atoms with Crippen molar-refractivity contribution in [2.24, 2.45) is 0 Å². The lowest BCUT2D eigenvalue weighted by atomic mass is 10.0. The fourth-order valence-electron chi connectivity index (χ4n) is 5.31. The number of piperazine rings is 1. The van der Waals surface area contributed by atoms with Crippen LogP contribution in [0.25, 0.3) is 0 Å². The second-order valence-electron chi connectivity index (χ2n) is 10.1. The first-order chi connectivity index (χ1) is 18.9. The molecule has 2 fully saturated rings. The Kier molecular flexibility index (Phi) is 8.69. The lowest BCUT2D eigenvalue weighted by Crippen LogP contribution is -2.53. The van der Waals surface area contributed by atoms with Crippen LogP contribution in [0.15, 0.2) is 54.7 Å². The number of hydrogen-bond donors (Lipinski definition) is 1. The van der Waals surface area contributed by atoms with E-state index in [9.17, 15) is 18.0 Å². The first kappa shape index (κ1) is 27.4. The molecule has 2 aliphatic heterocycles. The van der Waals surface area contributed by atoms with Crippen molar-refractivity contribution in [2.75, 3.05) is 44.2 Å². The van der Waals surface area contributed by atoms with E-state index in [1.807, 2.05) is 0 Å². The summed E-state index contributed by atoms with van der Waals surface area (Å²) in [5.41, 5.74) is 1.70. The third-order valence-corrected chi connectivity index (χ3v) is 7.82. The molecule has 0 radical (unpaired) electrons. The van der Waals surface area contributed by atoms with E-state index >= 15 is 0 Å². The van der Waals surface area contributed by atoms with E-state index in [-0.39, 0.29) is 18.3 Å². The molecule has 39 heavy (non-hydrogen) atoms. The first-order valence-corrected chi connectivity index (χ1v) is 13.6. The fraction of sp³-hybridized carbons (Fsp3) is 0.379. The minimum Gasteiger partial charge on any atom is -0.353 e. The van der Waals surface area contributed by atoms with Gasteiger partial charge in [0.2, 0.25) is 0 Å². The molecule has 10 heteroatoms. The molecule has 0 spiro atoms. The summed E-state index contributed by atoms with van der Waals surface area (Å²) in [6.07, 6.45) is 3.54. The highest BCUT2D eigenvalue weighted by molar-refractivity contribution is 6.33. The van der Waals surface area contributed by atoms with Crippen LogP contribution in [0.3, 0.4) is 0 Å². The molecule has 0 bridgehead atoms. The van der Waals surface area contributed by atoms with E-state index in [0.29, 0.717) is 34.6 Å². The van der Waals surface area contributed by atoms with Crippen molar-refractivity contribution in [3.63, 3.8) is 0 Å². The maximum atomic E-state index is 14.0. The van der Waals surface area contributed by atoms with E-state index in [1.165, 1.54) is 30.5 Å². The molecular weight excluding hydrogens is 527 g/mol. The van der Waals surface area contributed by atoms with Crippen molar-refractivity contribution in [3.8, 4) is 0 Å². The standard InChI is InChI=1S/C29H31ClF3N5O/c30-26-15-22(29(39)35-17-20-1-4-23(31)5-2-20)18-34-28(26)38-13-11-37(12-14-38)25-7-9-36(10-8-25)19-21-3-6-24(32)16-27(21)33/h1-6,15-16,18,25H,7-14,17,19H2,(H,35,39). The molecule has 206 valence electrons. The number of pyridine rings is 1. The van der Waals surface area contributed by atoms with Crippen LogP contribution in [0, 0.1) is 17.5 Å². The van der Waals surface area contributed by atoms with E-state index in [0.717, 1.165) is 63.7 Å². The van der Waals surface area contributed by atoms with Crippen molar-refractivity contribution in [3.05, 3.63) is 93.9 Å². The number of likely N-dealkylation sites (tertiary alicyclic amines) is 1. The molecule has 3 heterocycles. The highest BCUT2D eigenvalue weighted by Gasteiger charge is 2.29. The molecule has 2 saturated heterocycles. The van der Waals surface area contributed by atoms with Crippen molar-refractivity contribution in [1.82, 2.24) is 20.1 Å². The van der Waals surface area contributed by atoms with Gasteiger partial charge in [0.1, 0.15) is 23.3 Å². The Balaban J connectivity index is 1.08. The molecule has 0 aliphatic carbocycles. The zero-order valence-electron chi connectivity index (χ0n) is 21.6. The smallest absolute Gasteiger partial charge is 0.253 e. The topological polar surface area (TPSA) is 51.7 Å². The molecule has 1 N–H and O–H groups in total. The molecular formula is C29H31ClF3N5O. The van der Waals surface area contributed by atoms with Crippen LogP contribution >= 0.6 is 11.6 Å². The SMILES string of the molecule is O=C(NCc1ccc(F)cc1)c1cnc(N2CCN(C3CCN(Cc4ccc(F)cc4F)CC3)CC2)c(Cl)c1. The van der Waals surface area contributed by atoms with Crippen LogP contribution in [0.2, 0.25) is 5.02 Å². The van der Waals surface area contributed by atoms with Crippen LogP contribution in [0.5, 0.6) is 0 Å². The molecule has 3 aromatic rings. The number of benzene rings is 2. The van der Waals surface area contributed by atoms with Gasteiger partial charge >= 0.3 is 0 Å². The van der Waals surface area contributed by atoms with Crippen LogP contribution in [-0.4, -0.2) is 66.0 Å². The molecule has 1 aromatic heterocycles. The Bertz CT molecular complexity index is 1290. The minimum atomic E-state index is -0.550. The summed E-state index contributed by atoms with van der Waals surface area (Å²) in [6, 6.07) is 11.9. The van der Waals surface area contributed by atoms with Crippen LogP contribution in [0.4, 0.5) is 19.0 Å². The average molecular weight is 558 g/mol. The summed E-state index contributed by atoms with van der Waals surface area (Å²) in [4.78, 5) is 23.9. The number of carbonyl (C=O) groups is 1. The molecule has 0 atom stereocenters. The summed E-state index contributed by atoms with van der Waals surface area (Å²) in [6.45, 7) is 5.86. The Labute approximate surface area is 231 Å². The van der Waals surface area contributed by atoms with Gasteiger partial charge in [-0.3, -0.25) is 14.6 Å². The lowest BCUT2D eigenvalue weighted by molar-refractivity contribution is 0.0950. The molecule has 0 unspecified atom stereocenters.